The van der Waals surface area contributed by atoms with Crippen LogP contribution >= 0.6 is 11.8 Å². The van der Waals surface area contributed by atoms with Gasteiger partial charge in [-0.1, -0.05) is 0 Å². The highest BCUT2D eigenvalue weighted by molar-refractivity contribution is 8.00. The fourth-order valence-electron chi connectivity index (χ4n) is 2.36. The number of thioether (sulfide) groups is 1. The van der Waals surface area contributed by atoms with E-state index in [1.54, 1.807) is 4.68 Å². The van der Waals surface area contributed by atoms with E-state index in [4.69, 9.17) is 5.11 Å². The van der Waals surface area contributed by atoms with Gasteiger partial charge in [-0.25, -0.2) is 0 Å². The lowest BCUT2D eigenvalue weighted by Gasteiger charge is -2.11. The van der Waals surface area contributed by atoms with Crippen molar-refractivity contribution < 1.29 is 14.7 Å². The largest absolute Gasteiger partial charge is 0.481 e. The van der Waals surface area contributed by atoms with E-state index in [-0.39, 0.29) is 17.7 Å². The first kappa shape index (κ1) is 15.9. The third kappa shape index (κ3) is 4.00. The Morgan fingerprint density at radius 1 is 1.43 bits per heavy atom. The molecule has 21 heavy (non-hydrogen) atoms. The van der Waals surface area contributed by atoms with Crippen LogP contribution in [0.4, 0.5) is 5.69 Å². The van der Waals surface area contributed by atoms with Crippen molar-refractivity contribution in [1.29, 1.82) is 0 Å². The average molecular weight is 311 g/mol. The van der Waals surface area contributed by atoms with Crippen molar-refractivity contribution in [2.45, 2.75) is 33.1 Å². The molecule has 1 aliphatic rings. The Bertz CT molecular complexity index is 564. The van der Waals surface area contributed by atoms with E-state index in [0.717, 1.165) is 35.7 Å². The monoisotopic (exact) mass is 311 g/mol. The van der Waals surface area contributed by atoms with Gasteiger partial charge in [0.1, 0.15) is 0 Å². The number of anilines is 1. The molecule has 1 aliphatic carbocycles. The van der Waals surface area contributed by atoms with E-state index in [9.17, 15) is 9.59 Å². The van der Waals surface area contributed by atoms with E-state index < -0.39 is 5.97 Å². The van der Waals surface area contributed by atoms with Crippen LogP contribution < -0.4 is 5.32 Å². The quantitative estimate of drug-likeness (QED) is 0.804. The number of carboxylic acids is 1. The summed E-state index contributed by atoms with van der Waals surface area (Å²) >= 11 is 1.51. The molecule has 1 amide bonds. The summed E-state index contributed by atoms with van der Waals surface area (Å²) in [5.41, 5.74) is 2.43. The van der Waals surface area contributed by atoms with Crippen molar-refractivity contribution in [1.82, 2.24) is 9.78 Å². The molecule has 2 rings (SSSR count). The summed E-state index contributed by atoms with van der Waals surface area (Å²) in [4.78, 5) is 22.7. The highest BCUT2D eigenvalue weighted by atomic mass is 32.2. The topological polar surface area (TPSA) is 84.2 Å². The molecule has 6 nitrogen and oxygen atoms in total. The molecule has 0 unspecified atom stereocenters. The molecule has 1 saturated carbocycles. The number of nitrogens with zero attached hydrogens (tertiary/aromatic N) is 2. The fourth-order valence-corrected chi connectivity index (χ4v) is 3.54. The molecule has 0 aliphatic heterocycles. The van der Waals surface area contributed by atoms with Crippen LogP contribution in [0.1, 0.15) is 30.7 Å². The highest BCUT2D eigenvalue weighted by Crippen LogP contribution is 2.50. The summed E-state index contributed by atoms with van der Waals surface area (Å²) in [6.07, 6.45) is 2.12. The van der Waals surface area contributed by atoms with Crippen LogP contribution in [0.3, 0.4) is 0 Å². The van der Waals surface area contributed by atoms with E-state index >= 15 is 0 Å². The lowest BCUT2D eigenvalue weighted by atomic mass is 10.1. The number of carbonyl (C=O) groups excluding carboxylic acids is 1. The van der Waals surface area contributed by atoms with Gasteiger partial charge in [-0.3, -0.25) is 14.3 Å². The summed E-state index contributed by atoms with van der Waals surface area (Å²) in [6, 6.07) is 0. The number of hydrogen-bond acceptors (Lipinski definition) is 4. The summed E-state index contributed by atoms with van der Waals surface area (Å²) in [5.74, 6) is 0.261. The Morgan fingerprint density at radius 2 is 2.10 bits per heavy atom. The van der Waals surface area contributed by atoms with Gasteiger partial charge >= 0.3 is 5.97 Å². The fraction of sp³-hybridized carbons (Fsp3) is 0.643. The van der Waals surface area contributed by atoms with Crippen LogP contribution in [0.15, 0.2) is 0 Å². The maximum absolute atomic E-state index is 12.0. The minimum Gasteiger partial charge on any atom is -0.481 e. The maximum atomic E-state index is 12.0. The molecule has 7 heteroatoms. The lowest BCUT2D eigenvalue weighted by molar-refractivity contribution is -0.138. The number of nitrogens with one attached hydrogen (secondary N) is 1. The Balaban J connectivity index is 1.79. The molecule has 0 saturated heterocycles. The Kier molecular flexibility index (Phi) is 4.61. The zero-order valence-electron chi connectivity index (χ0n) is 12.6. The van der Waals surface area contributed by atoms with Crippen molar-refractivity contribution in [3.05, 3.63) is 11.4 Å². The standard InChI is InChI=1S/C14H21N3O3S/c1-9-13(10(2)17(3)16-9)15-11(18)7-21-8-14(4-5-14)6-12(19)20/h4-8H2,1-3H3,(H,15,18)(H,19,20). The van der Waals surface area contributed by atoms with Crippen molar-refractivity contribution in [3.8, 4) is 0 Å². The van der Waals surface area contributed by atoms with Crippen LogP contribution in [0.2, 0.25) is 0 Å². The zero-order valence-corrected chi connectivity index (χ0v) is 13.4. The Morgan fingerprint density at radius 3 is 2.57 bits per heavy atom. The molecule has 0 aromatic carbocycles. The molecule has 116 valence electrons. The molecular weight excluding hydrogens is 290 g/mol. The summed E-state index contributed by atoms with van der Waals surface area (Å²) in [5, 5.41) is 16.0. The van der Waals surface area contributed by atoms with Crippen LogP contribution in [0, 0.1) is 19.3 Å². The smallest absolute Gasteiger partial charge is 0.303 e. The number of aromatic nitrogens is 2. The molecule has 0 spiro atoms. The van der Waals surface area contributed by atoms with Crippen LogP contribution in [-0.2, 0) is 16.6 Å². The SMILES string of the molecule is Cc1nn(C)c(C)c1NC(=O)CSCC1(CC(=O)O)CC1. The normalized spacial score (nSPS) is 15.8. The number of hydrogen-bond donors (Lipinski definition) is 2. The van der Waals surface area contributed by atoms with Gasteiger partial charge in [0.25, 0.3) is 0 Å². The molecule has 1 heterocycles. The Hall–Kier alpha value is -1.50. The number of carboxylic acid groups (broad SMARTS) is 1. The lowest BCUT2D eigenvalue weighted by Crippen LogP contribution is -2.17. The summed E-state index contributed by atoms with van der Waals surface area (Å²) in [6.45, 7) is 3.77. The van der Waals surface area contributed by atoms with Gasteiger partial charge < -0.3 is 10.4 Å². The number of rotatable bonds is 7. The first-order chi connectivity index (χ1) is 9.83. The summed E-state index contributed by atoms with van der Waals surface area (Å²) < 4.78 is 1.74. The van der Waals surface area contributed by atoms with Gasteiger partial charge in [0.05, 0.1) is 29.2 Å². The maximum Gasteiger partial charge on any atom is 0.303 e. The molecule has 1 aromatic heterocycles. The molecule has 2 N–H and O–H groups in total. The Labute approximate surface area is 128 Å². The number of amides is 1. The number of aryl methyl sites for hydroxylation is 2. The van der Waals surface area contributed by atoms with Gasteiger partial charge in [-0.05, 0) is 37.9 Å². The van der Waals surface area contributed by atoms with Crippen molar-refractivity contribution in [3.63, 3.8) is 0 Å². The average Bonchev–Trinajstić information content (AvgIpc) is 3.08. The minimum atomic E-state index is -0.751. The second kappa shape index (κ2) is 6.09. The second-order valence-electron chi connectivity index (χ2n) is 5.78. The highest BCUT2D eigenvalue weighted by Gasteiger charge is 2.44. The van der Waals surface area contributed by atoms with Gasteiger partial charge in [-0.2, -0.15) is 16.9 Å². The number of aliphatic carboxylic acids is 1. The van der Waals surface area contributed by atoms with E-state index in [1.165, 1.54) is 11.8 Å². The predicted octanol–water partition coefficient (Wildman–Crippen LogP) is 1.96. The molecule has 0 radical (unpaired) electrons. The molecule has 1 fully saturated rings. The van der Waals surface area contributed by atoms with E-state index in [1.807, 2.05) is 20.9 Å². The van der Waals surface area contributed by atoms with E-state index in [2.05, 4.69) is 10.4 Å². The van der Waals surface area contributed by atoms with Gasteiger partial charge in [-0.15, -0.1) is 0 Å². The van der Waals surface area contributed by atoms with Gasteiger partial charge in [0, 0.05) is 7.05 Å². The first-order valence-corrected chi connectivity index (χ1v) is 8.08. The predicted molar refractivity (Wildman–Crippen MR) is 82.6 cm³/mol. The third-order valence-electron chi connectivity index (χ3n) is 3.90. The molecular formula is C14H21N3O3S. The molecule has 0 atom stereocenters. The van der Waals surface area contributed by atoms with Gasteiger partial charge in [0.2, 0.25) is 5.91 Å². The molecule has 0 bridgehead atoms. The van der Waals surface area contributed by atoms with Crippen LogP contribution in [-0.4, -0.2) is 38.3 Å². The van der Waals surface area contributed by atoms with E-state index in [0.29, 0.717) is 5.75 Å². The van der Waals surface area contributed by atoms with Crippen molar-refractivity contribution >= 4 is 29.3 Å². The summed E-state index contributed by atoms with van der Waals surface area (Å²) in [7, 11) is 1.84. The van der Waals surface area contributed by atoms with Crippen molar-refractivity contribution in [2.24, 2.45) is 12.5 Å². The molecule has 1 aromatic rings. The number of carbonyl (C=O) groups is 2. The minimum absolute atomic E-state index is 0.0645. The third-order valence-corrected chi connectivity index (χ3v) is 5.18. The van der Waals surface area contributed by atoms with Crippen molar-refractivity contribution in [2.75, 3.05) is 16.8 Å². The second-order valence-corrected chi connectivity index (χ2v) is 6.77. The van der Waals surface area contributed by atoms with Crippen LogP contribution in [0.25, 0.3) is 0 Å². The van der Waals surface area contributed by atoms with Gasteiger partial charge in [0.15, 0.2) is 0 Å². The first-order valence-electron chi connectivity index (χ1n) is 6.92. The zero-order chi connectivity index (χ0) is 15.6. The van der Waals surface area contributed by atoms with Crippen LogP contribution in [0.5, 0.6) is 0 Å².